The zero-order valence-electron chi connectivity index (χ0n) is 9.95. The smallest absolute Gasteiger partial charge is 0.255 e. The lowest BCUT2D eigenvalue weighted by Crippen LogP contribution is -2.35. The first-order valence-electron chi connectivity index (χ1n) is 5.87. The molecule has 0 spiro atoms. The van der Waals surface area contributed by atoms with E-state index in [-0.39, 0.29) is 17.5 Å². The van der Waals surface area contributed by atoms with Gasteiger partial charge in [0.15, 0.2) is 9.84 Å². The molecule has 0 radical (unpaired) electrons. The molecule has 0 aliphatic carbocycles. The summed E-state index contributed by atoms with van der Waals surface area (Å²) in [6.07, 6.45) is 2.84. The number of sulfone groups is 1. The van der Waals surface area contributed by atoms with Gasteiger partial charge in [-0.05, 0) is 12.8 Å². The van der Waals surface area contributed by atoms with Gasteiger partial charge >= 0.3 is 0 Å². The largest absolute Gasteiger partial charge is 0.366 e. The predicted octanol–water partition coefficient (Wildman–Crippen LogP) is 0.767. The van der Waals surface area contributed by atoms with E-state index < -0.39 is 9.84 Å². The number of hydrogen-bond acceptors (Lipinski definition) is 6. The van der Waals surface area contributed by atoms with Crippen LogP contribution in [0, 0.1) is 0 Å². The van der Waals surface area contributed by atoms with Crippen molar-refractivity contribution >= 4 is 33.0 Å². The lowest BCUT2D eigenvalue weighted by atomic mass is 10.2. The molecule has 1 fully saturated rings. The van der Waals surface area contributed by atoms with Gasteiger partial charge in [0.25, 0.3) is 5.78 Å². The second kappa shape index (κ2) is 4.61. The fourth-order valence-electron chi connectivity index (χ4n) is 2.23. The molecule has 0 bridgehead atoms. The molecule has 2 aromatic heterocycles. The maximum Gasteiger partial charge on any atom is 0.255 e. The standard InChI is InChI=1S/C10H12ClN5O2S/c11-8-4-9(16-10(15-8)12-6-13-16)14-7-2-1-3-19(17,18)5-7/h4,6-7,14H,1-3,5H2. The van der Waals surface area contributed by atoms with Crippen molar-refractivity contribution in [2.45, 2.75) is 18.9 Å². The van der Waals surface area contributed by atoms with Crippen molar-refractivity contribution in [3.8, 4) is 0 Å². The summed E-state index contributed by atoms with van der Waals surface area (Å²) in [6.45, 7) is 0. The number of aromatic nitrogens is 4. The third-order valence-electron chi connectivity index (χ3n) is 3.04. The van der Waals surface area contributed by atoms with Crippen LogP contribution in [0.3, 0.4) is 0 Å². The van der Waals surface area contributed by atoms with Crippen LogP contribution in [0.5, 0.6) is 0 Å². The molecule has 1 unspecified atom stereocenters. The average molecular weight is 302 g/mol. The van der Waals surface area contributed by atoms with Crippen LogP contribution in [0.4, 0.5) is 5.82 Å². The Balaban J connectivity index is 1.91. The SMILES string of the molecule is O=S1(=O)CCCC(Nc2cc(Cl)nc3ncnn23)C1. The quantitative estimate of drug-likeness (QED) is 0.824. The Hall–Kier alpha value is -1.41. The molecule has 7 nitrogen and oxygen atoms in total. The first kappa shape index (κ1) is 12.6. The molecule has 1 aliphatic heterocycles. The van der Waals surface area contributed by atoms with E-state index in [4.69, 9.17) is 11.6 Å². The van der Waals surface area contributed by atoms with Crippen molar-refractivity contribution < 1.29 is 8.42 Å². The highest BCUT2D eigenvalue weighted by Gasteiger charge is 2.25. The summed E-state index contributed by atoms with van der Waals surface area (Å²) in [4.78, 5) is 7.97. The van der Waals surface area contributed by atoms with Crippen LogP contribution in [0.2, 0.25) is 5.15 Å². The summed E-state index contributed by atoms with van der Waals surface area (Å²) in [7, 11) is -2.96. The fraction of sp³-hybridized carbons (Fsp3) is 0.500. The Kier molecular flexibility index (Phi) is 3.06. The molecule has 1 aliphatic rings. The summed E-state index contributed by atoms with van der Waals surface area (Å²) in [5.74, 6) is 1.38. The van der Waals surface area contributed by atoms with E-state index in [9.17, 15) is 8.42 Å². The number of rotatable bonds is 2. The molecule has 1 N–H and O–H groups in total. The van der Waals surface area contributed by atoms with Crippen LogP contribution in [-0.4, -0.2) is 45.5 Å². The Bertz CT molecular complexity index is 714. The maximum absolute atomic E-state index is 11.6. The van der Waals surface area contributed by atoms with Crippen molar-refractivity contribution in [3.05, 3.63) is 17.5 Å². The van der Waals surface area contributed by atoms with Crippen molar-refractivity contribution in [3.63, 3.8) is 0 Å². The highest BCUT2D eigenvalue weighted by atomic mass is 35.5. The minimum absolute atomic E-state index is 0.128. The Morgan fingerprint density at radius 1 is 1.47 bits per heavy atom. The number of fused-ring (bicyclic) bond motifs is 1. The van der Waals surface area contributed by atoms with E-state index in [1.807, 2.05) is 0 Å². The van der Waals surface area contributed by atoms with E-state index in [0.717, 1.165) is 6.42 Å². The van der Waals surface area contributed by atoms with Gasteiger partial charge in [-0.3, -0.25) is 0 Å². The van der Waals surface area contributed by atoms with Crippen LogP contribution in [0.15, 0.2) is 12.4 Å². The van der Waals surface area contributed by atoms with Gasteiger partial charge < -0.3 is 5.32 Å². The molecule has 102 valence electrons. The minimum Gasteiger partial charge on any atom is -0.366 e. The highest BCUT2D eigenvalue weighted by molar-refractivity contribution is 7.91. The highest BCUT2D eigenvalue weighted by Crippen LogP contribution is 2.19. The Morgan fingerprint density at radius 2 is 2.32 bits per heavy atom. The second-order valence-corrected chi connectivity index (χ2v) is 7.15. The molecular weight excluding hydrogens is 290 g/mol. The first-order valence-corrected chi connectivity index (χ1v) is 8.07. The van der Waals surface area contributed by atoms with Gasteiger partial charge in [0.1, 0.15) is 17.3 Å². The van der Waals surface area contributed by atoms with Gasteiger partial charge in [-0.1, -0.05) is 11.6 Å². The summed E-state index contributed by atoms with van der Waals surface area (Å²) in [5.41, 5.74) is 0. The summed E-state index contributed by atoms with van der Waals surface area (Å²) in [5, 5.41) is 7.49. The zero-order valence-corrected chi connectivity index (χ0v) is 11.5. The lowest BCUT2D eigenvalue weighted by Gasteiger charge is -2.23. The normalized spacial score (nSPS) is 22.5. The maximum atomic E-state index is 11.6. The Labute approximate surface area is 114 Å². The number of hydrogen-bond donors (Lipinski definition) is 1. The third-order valence-corrected chi connectivity index (χ3v) is 5.05. The van der Waals surface area contributed by atoms with Gasteiger partial charge in [0.05, 0.1) is 11.5 Å². The van der Waals surface area contributed by atoms with E-state index in [0.29, 0.717) is 23.2 Å². The monoisotopic (exact) mass is 301 g/mol. The van der Waals surface area contributed by atoms with Crippen LogP contribution in [-0.2, 0) is 9.84 Å². The molecule has 3 heterocycles. The molecule has 3 rings (SSSR count). The summed E-state index contributed by atoms with van der Waals surface area (Å²) in [6, 6.07) is 1.48. The molecular formula is C10H12ClN5O2S. The van der Waals surface area contributed by atoms with Crippen LogP contribution in [0.1, 0.15) is 12.8 Å². The van der Waals surface area contributed by atoms with Crippen molar-refractivity contribution in [2.24, 2.45) is 0 Å². The Morgan fingerprint density at radius 3 is 3.11 bits per heavy atom. The molecule has 9 heteroatoms. The minimum atomic E-state index is -2.96. The zero-order chi connectivity index (χ0) is 13.5. The number of nitrogens with one attached hydrogen (secondary N) is 1. The van der Waals surface area contributed by atoms with Gasteiger partial charge in [-0.15, -0.1) is 0 Å². The van der Waals surface area contributed by atoms with Gasteiger partial charge in [0, 0.05) is 12.1 Å². The third kappa shape index (κ3) is 2.64. The fourth-order valence-corrected chi connectivity index (χ4v) is 4.05. The second-order valence-electron chi connectivity index (χ2n) is 4.53. The van der Waals surface area contributed by atoms with Gasteiger partial charge in [-0.2, -0.15) is 19.6 Å². The molecule has 2 aromatic rings. The predicted molar refractivity (Wildman–Crippen MR) is 71.1 cm³/mol. The molecule has 0 saturated carbocycles. The van der Waals surface area contributed by atoms with Crippen molar-refractivity contribution in [1.82, 2.24) is 19.6 Å². The van der Waals surface area contributed by atoms with Crippen molar-refractivity contribution in [1.29, 1.82) is 0 Å². The molecule has 0 amide bonds. The lowest BCUT2D eigenvalue weighted by molar-refractivity contribution is 0.561. The topological polar surface area (TPSA) is 89.2 Å². The summed E-state index contributed by atoms with van der Waals surface area (Å²) < 4.78 is 24.7. The van der Waals surface area contributed by atoms with E-state index in [2.05, 4.69) is 20.4 Å². The molecule has 19 heavy (non-hydrogen) atoms. The molecule has 0 aromatic carbocycles. The van der Waals surface area contributed by atoms with Crippen LogP contribution in [0.25, 0.3) is 5.78 Å². The number of nitrogens with zero attached hydrogens (tertiary/aromatic N) is 4. The van der Waals surface area contributed by atoms with E-state index in [1.54, 1.807) is 6.07 Å². The van der Waals surface area contributed by atoms with Gasteiger partial charge in [0.2, 0.25) is 0 Å². The van der Waals surface area contributed by atoms with Crippen LogP contribution < -0.4 is 5.32 Å². The first-order chi connectivity index (χ1) is 9.03. The average Bonchev–Trinajstić information content (AvgIpc) is 2.75. The number of anilines is 1. The van der Waals surface area contributed by atoms with E-state index in [1.165, 1.54) is 10.8 Å². The van der Waals surface area contributed by atoms with Crippen LogP contribution >= 0.6 is 11.6 Å². The summed E-state index contributed by atoms with van der Waals surface area (Å²) >= 11 is 5.90. The van der Waals surface area contributed by atoms with E-state index >= 15 is 0 Å². The van der Waals surface area contributed by atoms with Gasteiger partial charge in [-0.25, -0.2) is 8.42 Å². The molecule has 1 saturated heterocycles. The molecule has 1 atom stereocenters. The number of halogens is 1. The van der Waals surface area contributed by atoms with Crippen molar-refractivity contribution in [2.75, 3.05) is 16.8 Å².